The van der Waals surface area contributed by atoms with Gasteiger partial charge in [-0.3, -0.25) is 4.72 Å². The average Bonchev–Trinajstić information content (AvgIpc) is 2.28. The second kappa shape index (κ2) is 5.37. The Morgan fingerprint density at radius 1 is 1.17 bits per heavy atom. The van der Waals surface area contributed by atoms with Crippen molar-refractivity contribution >= 4 is 27.3 Å². The van der Waals surface area contributed by atoms with Crippen LogP contribution in [0.15, 0.2) is 48.7 Å². The van der Waals surface area contributed by atoms with Gasteiger partial charge in [0.15, 0.2) is 0 Å². The predicted molar refractivity (Wildman–Crippen MR) is 71.9 cm³/mol. The van der Waals surface area contributed by atoms with Crippen LogP contribution in [0.5, 0.6) is 0 Å². The van der Waals surface area contributed by atoms with Crippen LogP contribution in [-0.4, -0.2) is 13.4 Å². The fraction of sp³-hybridized carbons (Fsp3) is 0.0833. The highest BCUT2D eigenvalue weighted by Crippen LogP contribution is 2.15. The number of hydrogen-bond donors (Lipinski definition) is 1. The standard InChI is InChI=1S/C12H11ClN2O2S/c13-12-8-11(6-7-14-12)15-18(16,17)9-10-4-2-1-3-5-10/h1-8H,9H2,(H,14,15). The summed E-state index contributed by atoms with van der Waals surface area (Å²) in [6.45, 7) is 0. The quantitative estimate of drug-likeness (QED) is 0.877. The van der Waals surface area contributed by atoms with Gasteiger partial charge in [0.25, 0.3) is 0 Å². The minimum Gasteiger partial charge on any atom is -0.283 e. The van der Waals surface area contributed by atoms with Crippen LogP contribution >= 0.6 is 11.6 Å². The molecule has 0 aliphatic carbocycles. The molecular weight excluding hydrogens is 272 g/mol. The van der Waals surface area contributed by atoms with Crippen LogP contribution in [0.1, 0.15) is 5.56 Å². The molecule has 1 aromatic heterocycles. The zero-order chi connectivity index (χ0) is 13.0. The van der Waals surface area contributed by atoms with E-state index < -0.39 is 10.0 Å². The second-order valence-electron chi connectivity index (χ2n) is 3.71. The summed E-state index contributed by atoms with van der Waals surface area (Å²) < 4.78 is 26.3. The largest absolute Gasteiger partial charge is 0.283 e. The van der Waals surface area contributed by atoms with Crippen LogP contribution in [0.25, 0.3) is 0 Å². The lowest BCUT2D eigenvalue weighted by molar-refractivity contribution is 0.600. The summed E-state index contributed by atoms with van der Waals surface area (Å²) >= 11 is 5.69. The first kappa shape index (κ1) is 12.9. The highest BCUT2D eigenvalue weighted by molar-refractivity contribution is 7.91. The summed E-state index contributed by atoms with van der Waals surface area (Å²) in [5.41, 5.74) is 1.14. The number of benzene rings is 1. The molecule has 18 heavy (non-hydrogen) atoms. The zero-order valence-corrected chi connectivity index (χ0v) is 10.9. The maximum atomic E-state index is 11.9. The molecule has 4 nitrogen and oxygen atoms in total. The van der Waals surface area contributed by atoms with Gasteiger partial charge in [0.05, 0.1) is 11.4 Å². The van der Waals surface area contributed by atoms with Crippen LogP contribution < -0.4 is 4.72 Å². The van der Waals surface area contributed by atoms with E-state index in [0.29, 0.717) is 5.69 Å². The molecule has 0 saturated carbocycles. The van der Waals surface area contributed by atoms with Gasteiger partial charge in [0.2, 0.25) is 10.0 Å². The normalized spacial score (nSPS) is 11.2. The van der Waals surface area contributed by atoms with Gasteiger partial charge < -0.3 is 0 Å². The van der Waals surface area contributed by atoms with E-state index in [4.69, 9.17) is 11.6 Å². The molecule has 1 heterocycles. The summed E-state index contributed by atoms with van der Waals surface area (Å²) in [5.74, 6) is -0.0756. The first-order valence-electron chi connectivity index (χ1n) is 5.21. The second-order valence-corrected chi connectivity index (χ2v) is 5.82. The van der Waals surface area contributed by atoms with Crippen molar-refractivity contribution < 1.29 is 8.42 Å². The molecule has 6 heteroatoms. The fourth-order valence-corrected chi connectivity index (χ4v) is 2.84. The molecule has 1 aromatic carbocycles. The number of anilines is 1. The highest BCUT2D eigenvalue weighted by atomic mass is 35.5. The third kappa shape index (κ3) is 3.72. The lowest BCUT2D eigenvalue weighted by atomic mass is 10.2. The number of aromatic nitrogens is 1. The van der Waals surface area contributed by atoms with Crippen molar-refractivity contribution in [3.63, 3.8) is 0 Å². The molecule has 0 unspecified atom stereocenters. The number of sulfonamides is 1. The van der Waals surface area contributed by atoms with E-state index in [1.54, 1.807) is 30.3 Å². The first-order chi connectivity index (χ1) is 8.55. The average molecular weight is 283 g/mol. The van der Waals surface area contributed by atoms with Gasteiger partial charge in [-0.25, -0.2) is 13.4 Å². The summed E-state index contributed by atoms with van der Waals surface area (Å²) in [7, 11) is -3.44. The van der Waals surface area contributed by atoms with E-state index in [1.165, 1.54) is 12.3 Å². The molecule has 0 amide bonds. The van der Waals surface area contributed by atoms with Crippen molar-refractivity contribution in [2.24, 2.45) is 0 Å². The number of hydrogen-bond acceptors (Lipinski definition) is 3. The Hall–Kier alpha value is -1.59. The molecule has 2 aromatic rings. The monoisotopic (exact) mass is 282 g/mol. The highest BCUT2D eigenvalue weighted by Gasteiger charge is 2.11. The molecule has 0 atom stereocenters. The van der Waals surface area contributed by atoms with Crippen LogP contribution in [0.3, 0.4) is 0 Å². The molecule has 0 aliphatic rings. The van der Waals surface area contributed by atoms with Gasteiger partial charge in [-0.1, -0.05) is 41.9 Å². The van der Waals surface area contributed by atoms with Crippen LogP contribution in [0.2, 0.25) is 5.15 Å². The molecular formula is C12H11ClN2O2S. The fourth-order valence-electron chi connectivity index (χ4n) is 1.48. The van der Waals surface area contributed by atoms with Crippen molar-refractivity contribution in [1.82, 2.24) is 4.98 Å². The Balaban J connectivity index is 2.13. The lowest BCUT2D eigenvalue weighted by Crippen LogP contribution is -2.15. The van der Waals surface area contributed by atoms with Crippen molar-refractivity contribution in [3.8, 4) is 0 Å². The first-order valence-corrected chi connectivity index (χ1v) is 7.24. The van der Waals surface area contributed by atoms with Crippen molar-refractivity contribution in [1.29, 1.82) is 0 Å². The Labute approximate surface area is 111 Å². The molecule has 1 N–H and O–H groups in total. The van der Waals surface area contributed by atoms with Crippen LogP contribution in [-0.2, 0) is 15.8 Å². The zero-order valence-electron chi connectivity index (χ0n) is 9.38. The van der Waals surface area contributed by atoms with Crippen molar-refractivity contribution in [2.75, 3.05) is 4.72 Å². The number of nitrogens with one attached hydrogen (secondary N) is 1. The van der Waals surface area contributed by atoms with Crippen LogP contribution in [0.4, 0.5) is 5.69 Å². The summed E-state index contributed by atoms with van der Waals surface area (Å²) in [4.78, 5) is 3.78. The number of halogens is 1. The molecule has 2 rings (SSSR count). The topological polar surface area (TPSA) is 59.1 Å². The van der Waals surface area contributed by atoms with Gasteiger partial charge in [0.1, 0.15) is 5.15 Å². The smallest absolute Gasteiger partial charge is 0.236 e. The van der Waals surface area contributed by atoms with E-state index in [2.05, 4.69) is 9.71 Å². The Morgan fingerprint density at radius 2 is 1.89 bits per heavy atom. The van der Waals surface area contributed by atoms with Crippen molar-refractivity contribution in [3.05, 3.63) is 59.4 Å². The van der Waals surface area contributed by atoms with Gasteiger partial charge in [-0.2, -0.15) is 0 Å². The van der Waals surface area contributed by atoms with Gasteiger partial charge in [-0.05, 0) is 17.7 Å². The Bertz CT molecular complexity index is 630. The summed E-state index contributed by atoms with van der Waals surface area (Å²) in [6, 6.07) is 12.0. The molecule has 0 bridgehead atoms. The van der Waals surface area contributed by atoms with Gasteiger partial charge >= 0.3 is 0 Å². The lowest BCUT2D eigenvalue weighted by Gasteiger charge is -2.07. The Morgan fingerprint density at radius 3 is 2.56 bits per heavy atom. The van der Waals surface area contributed by atoms with Gasteiger partial charge in [0, 0.05) is 6.20 Å². The third-order valence-corrected chi connectivity index (χ3v) is 3.67. The molecule has 0 radical (unpaired) electrons. The molecule has 94 valence electrons. The molecule has 0 fully saturated rings. The maximum Gasteiger partial charge on any atom is 0.236 e. The van der Waals surface area contributed by atoms with Crippen molar-refractivity contribution in [2.45, 2.75) is 5.75 Å². The van der Waals surface area contributed by atoms with E-state index in [1.807, 2.05) is 6.07 Å². The minimum atomic E-state index is -3.44. The van der Waals surface area contributed by atoms with Gasteiger partial charge in [-0.15, -0.1) is 0 Å². The maximum absolute atomic E-state index is 11.9. The summed E-state index contributed by atoms with van der Waals surface area (Å²) in [6.07, 6.45) is 1.45. The van der Waals surface area contributed by atoms with E-state index in [9.17, 15) is 8.42 Å². The SMILES string of the molecule is O=S(=O)(Cc1ccccc1)Nc1ccnc(Cl)c1. The molecule has 0 aliphatic heterocycles. The predicted octanol–water partition coefficient (Wildman–Crippen LogP) is 2.68. The minimum absolute atomic E-state index is 0.0756. The van der Waals surface area contributed by atoms with E-state index in [0.717, 1.165) is 5.56 Å². The van der Waals surface area contributed by atoms with E-state index in [-0.39, 0.29) is 10.9 Å². The number of nitrogens with zero attached hydrogens (tertiary/aromatic N) is 1. The van der Waals surface area contributed by atoms with E-state index >= 15 is 0 Å². The van der Waals surface area contributed by atoms with Crippen LogP contribution in [0, 0.1) is 0 Å². The molecule has 0 saturated heterocycles. The molecule has 0 spiro atoms. The third-order valence-electron chi connectivity index (χ3n) is 2.20. The number of pyridine rings is 1. The summed E-state index contributed by atoms with van der Waals surface area (Å²) in [5, 5.41) is 0.245. The Kier molecular flexibility index (Phi) is 3.84. The number of rotatable bonds is 4.